The Balaban J connectivity index is 2.21. The normalized spacial score (nSPS) is 23.6. The van der Waals surface area contributed by atoms with E-state index in [0.29, 0.717) is 12.0 Å². The van der Waals surface area contributed by atoms with Gasteiger partial charge in [0.05, 0.1) is 7.11 Å². The summed E-state index contributed by atoms with van der Waals surface area (Å²) >= 11 is 0. The van der Waals surface area contributed by atoms with E-state index in [9.17, 15) is 0 Å². The Hall–Kier alpha value is -1.02. The fourth-order valence-corrected chi connectivity index (χ4v) is 2.74. The lowest BCUT2D eigenvalue weighted by molar-refractivity contribution is 0.353. The summed E-state index contributed by atoms with van der Waals surface area (Å²) in [6.07, 6.45) is 1.24. The molecule has 0 radical (unpaired) electrons. The Labute approximate surface area is 104 Å². The molecule has 2 nitrogen and oxygen atoms in total. The Morgan fingerprint density at radius 3 is 2.82 bits per heavy atom. The molecule has 1 N–H and O–H groups in total. The molecule has 17 heavy (non-hydrogen) atoms. The van der Waals surface area contributed by atoms with Gasteiger partial charge in [-0.25, -0.2) is 0 Å². The topological polar surface area (TPSA) is 21.3 Å². The maximum Gasteiger partial charge on any atom is 0.119 e. The summed E-state index contributed by atoms with van der Waals surface area (Å²) in [5.41, 5.74) is 2.87. The fourth-order valence-electron chi connectivity index (χ4n) is 2.74. The van der Waals surface area contributed by atoms with Gasteiger partial charge in [0.1, 0.15) is 5.75 Å². The molecule has 1 heterocycles. The number of benzene rings is 1. The first kappa shape index (κ1) is 12.4. The van der Waals surface area contributed by atoms with Gasteiger partial charge >= 0.3 is 0 Å². The van der Waals surface area contributed by atoms with Crippen LogP contribution in [-0.4, -0.2) is 13.2 Å². The minimum atomic E-state index is 0.590. The zero-order chi connectivity index (χ0) is 12.4. The first-order chi connectivity index (χ1) is 8.11. The highest BCUT2D eigenvalue weighted by atomic mass is 16.5. The molecule has 94 valence electrons. The third-order valence-corrected chi connectivity index (χ3v) is 3.72. The van der Waals surface area contributed by atoms with Crippen molar-refractivity contribution in [3.63, 3.8) is 0 Å². The molecule has 0 saturated heterocycles. The van der Waals surface area contributed by atoms with E-state index >= 15 is 0 Å². The molecule has 2 rings (SSSR count). The molecular weight excluding hydrogens is 210 g/mol. The van der Waals surface area contributed by atoms with Crippen LogP contribution in [0.25, 0.3) is 0 Å². The average Bonchev–Trinajstić information content (AvgIpc) is 2.32. The number of fused-ring (bicyclic) bond motifs is 1. The van der Waals surface area contributed by atoms with E-state index in [1.54, 1.807) is 7.11 Å². The van der Waals surface area contributed by atoms with Crippen LogP contribution in [0.3, 0.4) is 0 Å². The monoisotopic (exact) mass is 233 g/mol. The zero-order valence-corrected chi connectivity index (χ0v) is 11.3. The summed E-state index contributed by atoms with van der Waals surface area (Å²) in [6.45, 7) is 7.87. The highest BCUT2D eigenvalue weighted by molar-refractivity contribution is 5.39. The molecule has 1 aliphatic rings. The van der Waals surface area contributed by atoms with Gasteiger partial charge < -0.3 is 10.1 Å². The molecule has 0 aliphatic carbocycles. The van der Waals surface area contributed by atoms with Gasteiger partial charge in [-0.1, -0.05) is 26.8 Å². The predicted octanol–water partition coefficient (Wildman–Crippen LogP) is 3.32. The van der Waals surface area contributed by atoms with E-state index in [-0.39, 0.29) is 0 Å². The van der Waals surface area contributed by atoms with Gasteiger partial charge in [-0.15, -0.1) is 0 Å². The summed E-state index contributed by atoms with van der Waals surface area (Å²) in [7, 11) is 1.73. The van der Waals surface area contributed by atoms with Crippen molar-refractivity contribution in [1.82, 2.24) is 5.32 Å². The zero-order valence-electron chi connectivity index (χ0n) is 11.3. The molecule has 1 aliphatic heterocycles. The van der Waals surface area contributed by atoms with E-state index in [1.165, 1.54) is 17.5 Å². The lowest BCUT2D eigenvalue weighted by Gasteiger charge is -2.33. The Bertz CT molecular complexity index is 387. The molecule has 1 aromatic rings. The van der Waals surface area contributed by atoms with Gasteiger partial charge in [0, 0.05) is 12.6 Å². The number of ether oxygens (including phenoxy) is 1. The number of hydrogen-bond donors (Lipinski definition) is 1. The molecule has 2 heteroatoms. The van der Waals surface area contributed by atoms with Crippen LogP contribution in [0.1, 0.15) is 44.2 Å². The molecule has 0 bridgehead atoms. The predicted molar refractivity (Wildman–Crippen MR) is 71.5 cm³/mol. The second kappa shape index (κ2) is 5.09. The van der Waals surface area contributed by atoms with Gasteiger partial charge in [0.25, 0.3) is 0 Å². The summed E-state index contributed by atoms with van der Waals surface area (Å²) in [4.78, 5) is 0. The molecule has 2 unspecified atom stereocenters. The van der Waals surface area contributed by atoms with Crippen LogP contribution in [-0.2, 0) is 6.54 Å². The van der Waals surface area contributed by atoms with Gasteiger partial charge in [-0.05, 0) is 41.5 Å². The molecule has 0 saturated carbocycles. The molecule has 0 aromatic heterocycles. The minimum absolute atomic E-state index is 0.590. The Kier molecular flexibility index (Phi) is 3.72. The van der Waals surface area contributed by atoms with E-state index in [4.69, 9.17) is 4.74 Å². The van der Waals surface area contributed by atoms with Crippen LogP contribution in [0.15, 0.2) is 18.2 Å². The van der Waals surface area contributed by atoms with Gasteiger partial charge in [0.15, 0.2) is 0 Å². The van der Waals surface area contributed by atoms with Crippen molar-refractivity contribution in [2.45, 2.75) is 45.7 Å². The summed E-state index contributed by atoms with van der Waals surface area (Å²) in [6, 6.07) is 7.07. The second-order valence-corrected chi connectivity index (χ2v) is 5.47. The standard InChI is InChI=1S/C15H23NO/c1-10(2)7-15-11(3)14-6-5-13(17-4)8-12(14)9-16-15/h5-6,8,10-11,15-16H,7,9H2,1-4H3. The van der Waals surface area contributed by atoms with Gasteiger partial charge in [-0.2, -0.15) is 0 Å². The number of hydrogen-bond acceptors (Lipinski definition) is 2. The first-order valence-corrected chi connectivity index (χ1v) is 6.52. The third-order valence-electron chi connectivity index (χ3n) is 3.72. The van der Waals surface area contributed by atoms with E-state index in [1.807, 2.05) is 0 Å². The Morgan fingerprint density at radius 1 is 1.41 bits per heavy atom. The number of nitrogens with one attached hydrogen (secondary N) is 1. The van der Waals surface area contributed by atoms with Crippen molar-refractivity contribution in [1.29, 1.82) is 0 Å². The van der Waals surface area contributed by atoms with Crippen LogP contribution >= 0.6 is 0 Å². The highest BCUT2D eigenvalue weighted by Crippen LogP contribution is 2.32. The fraction of sp³-hybridized carbons (Fsp3) is 0.600. The summed E-state index contributed by atoms with van der Waals surface area (Å²) < 4.78 is 5.28. The molecule has 0 spiro atoms. The quantitative estimate of drug-likeness (QED) is 0.864. The van der Waals surface area contributed by atoms with E-state index in [0.717, 1.165) is 18.2 Å². The molecular formula is C15H23NO. The number of rotatable bonds is 3. The van der Waals surface area contributed by atoms with Crippen molar-refractivity contribution < 1.29 is 4.74 Å². The third kappa shape index (κ3) is 2.63. The average molecular weight is 233 g/mol. The highest BCUT2D eigenvalue weighted by Gasteiger charge is 2.26. The smallest absolute Gasteiger partial charge is 0.119 e. The molecule has 0 amide bonds. The van der Waals surface area contributed by atoms with Crippen LogP contribution < -0.4 is 10.1 Å². The SMILES string of the molecule is COc1ccc2c(c1)CNC(CC(C)C)C2C. The van der Waals surface area contributed by atoms with Crippen molar-refractivity contribution in [2.75, 3.05) is 7.11 Å². The maximum atomic E-state index is 5.28. The van der Waals surface area contributed by atoms with Crippen LogP contribution in [0.5, 0.6) is 5.75 Å². The van der Waals surface area contributed by atoms with Crippen LogP contribution in [0, 0.1) is 5.92 Å². The first-order valence-electron chi connectivity index (χ1n) is 6.52. The van der Waals surface area contributed by atoms with Crippen molar-refractivity contribution >= 4 is 0 Å². The van der Waals surface area contributed by atoms with Crippen LogP contribution in [0.4, 0.5) is 0 Å². The maximum absolute atomic E-state index is 5.28. The van der Waals surface area contributed by atoms with Crippen molar-refractivity contribution in [3.8, 4) is 5.75 Å². The molecule has 2 atom stereocenters. The molecule has 0 fully saturated rings. The number of methoxy groups -OCH3 is 1. The molecule has 1 aromatic carbocycles. The second-order valence-electron chi connectivity index (χ2n) is 5.47. The van der Waals surface area contributed by atoms with Gasteiger partial charge in [-0.3, -0.25) is 0 Å². The van der Waals surface area contributed by atoms with Gasteiger partial charge in [0.2, 0.25) is 0 Å². The van der Waals surface area contributed by atoms with E-state index in [2.05, 4.69) is 44.3 Å². The van der Waals surface area contributed by atoms with E-state index < -0.39 is 0 Å². The Morgan fingerprint density at radius 2 is 2.18 bits per heavy atom. The van der Waals surface area contributed by atoms with Crippen LogP contribution in [0.2, 0.25) is 0 Å². The summed E-state index contributed by atoms with van der Waals surface area (Å²) in [5, 5.41) is 3.65. The summed E-state index contributed by atoms with van der Waals surface area (Å²) in [5.74, 6) is 2.29. The van der Waals surface area contributed by atoms with Crippen molar-refractivity contribution in [2.24, 2.45) is 5.92 Å². The minimum Gasteiger partial charge on any atom is -0.497 e. The lowest BCUT2D eigenvalue weighted by Crippen LogP contribution is -2.39. The largest absolute Gasteiger partial charge is 0.497 e. The lowest BCUT2D eigenvalue weighted by atomic mass is 9.82. The van der Waals surface area contributed by atoms with Crippen molar-refractivity contribution in [3.05, 3.63) is 29.3 Å².